The van der Waals surface area contributed by atoms with E-state index < -0.39 is 46.8 Å². The molecule has 1 aromatic heterocycles. The van der Waals surface area contributed by atoms with Gasteiger partial charge in [-0.05, 0) is 0 Å². The van der Waals surface area contributed by atoms with E-state index in [0.29, 0.717) is 0 Å². The lowest BCUT2D eigenvalue weighted by molar-refractivity contribution is -0.746. The third-order valence-corrected chi connectivity index (χ3v) is 4.31. The first-order chi connectivity index (χ1) is 11.0. The Bertz CT molecular complexity index is 734. The van der Waals surface area contributed by atoms with Crippen LogP contribution in [0.15, 0.2) is 12.3 Å². The van der Waals surface area contributed by atoms with Gasteiger partial charge in [-0.1, -0.05) is 0 Å². The third kappa shape index (κ3) is 3.75. The van der Waals surface area contributed by atoms with E-state index in [9.17, 15) is 14.0 Å². The van der Waals surface area contributed by atoms with Crippen molar-refractivity contribution in [2.45, 2.75) is 24.5 Å². The van der Waals surface area contributed by atoms with E-state index in [1.54, 1.807) is 0 Å². The number of hydrogen-bond donors (Lipinski definition) is 4. The van der Waals surface area contributed by atoms with Crippen LogP contribution in [-0.4, -0.2) is 44.6 Å². The zero-order valence-corrected chi connectivity index (χ0v) is 13.5. The molecule has 5 unspecified atom stereocenters. The summed E-state index contributed by atoms with van der Waals surface area (Å²) in [7, 11) is -10.0. The number of phosphoric acid groups is 2. The molecule has 1 fully saturated rings. The Balaban J connectivity index is 1.85. The number of aromatic nitrogens is 2. The normalized spacial score (nSPS) is 31.2. The fraction of sp³-hybridized carbons (Fsp3) is 0.556. The Morgan fingerprint density at radius 3 is 2.75 bits per heavy atom. The molecule has 1 saturated heterocycles. The standard InChI is InChI=1S/C9H13N3O10P2/c10-5-1-2-12-8-7(21-9(12)11-5)6(22-24(16,17)18)4(20-8)3-19-23(13,14)15/h1-2,4,6-8,10H,3H2,(H4,13,14,15,16,17,18). The van der Waals surface area contributed by atoms with E-state index in [4.69, 9.17) is 29.9 Å². The number of phosphoric ester groups is 2. The number of nitrogen functional groups attached to an aromatic ring is 1. The fourth-order valence-electron chi connectivity index (χ4n) is 2.47. The van der Waals surface area contributed by atoms with Crippen molar-refractivity contribution in [3.05, 3.63) is 12.3 Å². The average Bonchev–Trinajstić information content (AvgIpc) is 2.91. The zero-order chi connectivity index (χ0) is 17.7. The van der Waals surface area contributed by atoms with E-state index in [2.05, 4.69) is 14.0 Å². The highest BCUT2D eigenvalue weighted by atomic mass is 31.2. The number of hydrogen-bond acceptors (Lipinski definition) is 9. The number of anilines is 1. The van der Waals surface area contributed by atoms with Crippen LogP contribution in [0.5, 0.6) is 6.01 Å². The zero-order valence-electron chi connectivity index (χ0n) is 11.7. The lowest BCUT2D eigenvalue weighted by atomic mass is 10.1. The lowest BCUT2D eigenvalue weighted by Gasteiger charge is -2.25. The van der Waals surface area contributed by atoms with Crippen LogP contribution in [0.3, 0.4) is 0 Å². The number of fused-ring (bicyclic) bond motifs is 3. The molecule has 0 radical (unpaired) electrons. The maximum Gasteiger partial charge on any atom is 0.503 e. The number of nitrogens with two attached hydrogens (primary N) is 1. The largest absolute Gasteiger partial charge is 0.756 e. The van der Waals surface area contributed by atoms with Gasteiger partial charge in [0.05, 0.1) is 6.61 Å². The first kappa shape index (κ1) is 17.7. The van der Waals surface area contributed by atoms with Crippen LogP contribution in [0.25, 0.3) is 0 Å². The van der Waals surface area contributed by atoms with Crippen molar-refractivity contribution in [2.75, 3.05) is 12.3 Å². The van der Waals surface area contributed by atoms with Crippen LogP contribution >= 0.6 is 15.6 Å². The fourth-order valence-corrected chi connectivity index (χ4v) is 3.38. The molecule has 2 aliphatic rings. The molecule has 15 heteroatoms. The van der Waals surface area contributed by atoms with E-state index in [-0.39, 0.29) is 11.8 Å². The van der Waals surface area contributed by atoms with Gasteiger partial charge in [0, 0.05) is 11.1 Å². The molecule has 3 heterocycles. The summed E-state index contributed by atoms with van der Waals surface area (Å²) in [5.41, 5.74) is 5.52. The lowest BCUT2D eigenvalue weighted by Crippen LogP contribution is -2.40. The van der Waals surface area contributed by atoms with Crippen LogP contribution in [0.2, 0.25) is 0 Å². The van der Waals surface area contributed by atoms with Crippen LogP contribution < -0.4 is 19.9 Å². The molecule has 5 N–H and O–H groups in total. The Morgan fingerprint density at radius 1 is 1.42 bits per heavy atom. The van der Waals surface area contributed by atoms with Gasteiger partial charge in [-0.3, -0.25) is 9.09 Å². The summed E-state index contributed by atoms with van der Waals surface area (Å²) in [5, 5.41) is 0. The Morgan fingerprint density at radius 2 is 2.12 bits per heavy atom. The average molecular weight is 385 g/mol. The van der Waals surface area contributed by atoms with Gasteiger partial charge in [0.25, 0.3) is 7.82 Å². The van der Waals surface area contributed by atoms with Crippen molar-refractivity contribution < 1.29 is 51.8 Å². The number of ether oxygens (including phenoxy) is 2. The third-order valence-electron chi connectivity index (χ3n) is 3.31. The minimum atomic E-state index is -5.18. The van der Waals surface area contributed by atoms with Crippen molar-refractivity contribution >= 4 is 21.5 Å². The molecule has 0 aromatic carbocycles. The second-order valence-corrected chi connectivity index (χ2v) is 7.40. The van der Waals surface area contributed by atoms with Crippen molar-refractivity contribution in [1.82, 2.24) is 4.98 Å². The Labute approximate surface area is 134 Å². The van der Waals surface area contributed by atoms with Gasteiger partial charge in [-0.15, -0.1) is 0 Å². The predicted molar refractivity (Wildman–Crippen MR) is 69.9 cm³/mol. The summed E-state index contributed by atoms with van der Waals surface area (Å²) in [4.78, 5) is 41.4. The Hall–Kier alpha value is -1.14. The van der Waals surface area contributed by atoms with E-state index in [0.717, 1.165) is 0 Å². The van der Waals surface area contributed by atoms with Crippen LogP contribution in [-0.2, 0) is 22.9 Å². The first-order valence-electron chi connectivity index (χ1n) is 6.45. The van der Waals surface area contributed by atoms with Gasteiger partial charge >= 0.3 is 13.8 Å². The minimum Gasteiger partial charge on any atom is -0.756 e. The van der Waals surface area contributed by atoms with E-state index in [1.165, 1.54) is 16.8 Å². The molecule has 0 aliphatic carbocycles. The molecule has 0 saturated carbocycles. The maximum absolute atomic E-state index is 11.1. The SMILES string of the molecule is Nc1cc[n+]2c(n1)OC1C(OP(=O)([O-])O)C(COP(=O)(O)O)OC12. The van der Waals surface area contributed by atoms with Crippen molar-refractivity contribution in [3.63, 3.8) is 0 Å². The summed E-state index contributed by atoms with van der Waals surface area (Å²) in [6.45, 7) is -0.691. The van der Waals surface area contributed by atoms with Gasteiger partial charge in [-0.2, -0.15) is 4.57 Å². The first-order valence-corrected chi connectivity index (χ1v) is 9.48. The van der Waals surface area contributed by atoms with E-state index in [1.807, 2.05) is 0 Å². The van der Waals surface area contributed by atoms with Gasteiger partial charge in [0.15, 0.2) is 0 Å². The van der Waals surface area contributed by atoms with E-state index >= 15 is 0 Å². The molecule has 1 aromatic rings. The second-order valence-electron chi connectivity index (χ2n) is 5.01. The molecule has 134 valence electrons. The smallest absolute Gasteiger partial charge is 0.503 e. The monoisotopic (exact) mass is 385 g/mol. The highest BCUT2D eigenvalue weighted by Gasteiger charge is 2.58. The minimum absolute atomic E-state index is 0.0339. The highest BCUT2D eigenvalue weighted by Crippen LogP contribution is 2.44. The van der Waals surface area contributed by atoms with Gasteiger partial charge < -0.3 is 39.3 Å². The van der Waals surface area contributed by atoms with Crippen LogP contribution in [0, 0.1) is 0 Å². The molecule has 0 amide bonds. The van der Waals surface area contributed by atoms with Gasteiger partial charge in [0.1, 0.15) is 18.4 Å². The molecular weight excluding hydrogens is 372 g/mol. The van der Waals surface area contributed by atoms with Crippen molar-refractivity contribution in [2.24, 2.45) is 0 Å². The van der Waals surface area contributed by atoms with Crippen LogP contribution in [0.4, 0.5) is 5.82 Å². The quantitative estimate of drug-likeness (QED) is 0.309. The molecule has 13 nitrogen and oxygen atoms in total. The maximum atomic E-state index is 11.1. The molecule has 24 heavy (non-hydrogen) atoms. The molecule has 5 atom stereocenters. The highest BCUT2D eigenvalue weighted by molar-refractivity contribution is 7.46. The molecule has 3 rings (SSSR count). The van der Waals surface area contributed by atoms with Gasteiger partial charge in [0.2, 0.25) is 18.1 Å². The molecular formula is C9H13N3O10P2. The summed E-state index contributed by atoms with van der Waals surface area (Å²) in [5.74, 6) is 0.150. The predicted octanol–water partition coefficient (Wildman–Crippen LogP) is -2.44. The summed E-state index contributed by atoms with van der Waals surface area (Å²) < 4.78 is 43.1. The molecule has 0 bridgehead atoms. The molecule has 0 spiro atoms. The van der Waals surface area contributed by atoms with Crippen molar-refractivity contribution in [3.8, 4) is 6.01 Å². The van der Waals surface area contributed by atoms with Crippen LogP contribution in [0.1, 0.15) is 6.23 Å². The Kier molecular flexibility index (Phi) is 4.41. The van der Waals surface area contributed by atoms with Crippen molar-refractivity contribution in [1.29, 1.82) is 0 Å². The second kappa shape index (κ2) is 5.99. The number of rotatable bonds is 5. The van der Waals surface area contributed by atoms with Gasteiger partial charge in [-0.25, -0.2) is 4.57 Å². The molecule has 2 aliphatic heterocycles. The summed E-state index contributed by atoms with van der Waals surface area (Å²) in [6, 6.07) is 1.48. The topological polar surface area (TPSA) is 198 Å². The summed E-state index contributed by atoms with van der Waals surface area (Å²) >= 11 is 0. The number of nitrogens with zero attached hydrogens (tertiary/aromatic N) is 2. The summed E-state index contributed by atoms with van der Waals surface area (Å²) in [6.07, 6.45) is -3.14.